The molecule has 0 radical (unpaired) electrons. The Balaban J connectivity index is 1.48. The van der Waals surface area contributed by atoms with Crippen molar-refractivity contribution in [3.05, 3.63) is 49.2 Å². The summed E-state index contributed by atoms with van der Waals surface area (Å²) in [4.78, 5) is 8.84. The van der Waals surface area contributed by atoms with E-state index in [1.165, 1.54) is 32.1 Å². The lowest BCUT2D eigenvalue weighted by Gasteiger charge is -2.22. The fraction of sp³-hybridized carbons (Fsp3) is 0.316. The van der Waals surface area contributed by atoms with Crippen LogP contribution in [0.5, 0.6) is 0 Å². The monoisotopic (exact) mass is 332 g/mol. The summed E-state index contributed by atoms with van der Waals surface area (Å²) in [5.74, 6) is 0.714. The van der Waals surface area contributed by atoms with Crippen molar-refractivity contribution in [2.45, 2.75) is 38.1 Å². The molecule has 4 aromatic rings. The second-order valence-corrected chi connectivity index (χ2v) is 6.73. The Morgan fingerprint density at radius 3 is 2.84 bits per heavy atom. The van der Waals surface area contributed by atoms with E-state index in [0.717, 1.165) is 22.3 Å². The Morgan fingerprint density at radius 1 is 1.00 bits per heavy atom. The number of imidazole rings is 1. The molecule has 0 unspecified atom stereocenters. The number of pyridine rings is 1. The first-order valence-electron chi connectivity index (χ1n) is 8.91. The molecule has 25 heavy (non-hydrogen) atoms. The largest absolute Gasteiger partial charge is 0.350 e. The molecule has 0 spiro atoms. The van der Waals surface area contributed by atoms with E-state index >= 15 is 0 Å². The molecule has 126 valence electrons. The first-order chi connectivity index (χ1) is 12.4. The van der Waals surface area contributed by atoms with Gasteiger partial charge in [0.15, 0.2) is 0 Å². The third-order valence-corrected chi connectivity index (χ3v) is 5.05. The van der Waals surface area contributed by atoms with Gasteiger partial charge in [0.25, 0.3) is 0 Å². The highest BCUT2D eigenvalue weighted by Gasteiger charge is 2.15. The predicted octanol–water partition coefficient (Wildman–Crippen LogP) is 3.79. The van der Waals surface area contributed by atoms with Gasteiger partial charge in [-0.15, -0.1) is 5.10 Å². The highest BCUT2D eigenvalue weighted by Crippen LogP contribution is 2.26. The first-order valence-corrected chi connectivity index (χ1v) is 8.91. The van der Waals surface area contributed by atoms with E-state index in [4.69, 9.17) is 0 Å². The van der Waals surface area contributed by atoms with E-state index in [-0.39, 0.29) is 0 Å². The fourth-order valence-corrected chi connectivity index (χ4v) is 3.72. The minimum atomic E-state index is 0.505. The van der Waals surface area contributed by atoms with Crippen molar-refractivity contribution in [2.75, 3.05) is 5.32 Å². The van der Waals surface area contributed by atoms with Crippen LogP contribution in [-0.4, -0.2) is 30.0 Å². The molecule has 5 rings (SSSR count). The maximum Gasteiger partial charge on any atom is 0.241 e. The van der Waals surface area contributed by atoms with Crippen LogP contribution in [0.4, 0.5) is 5.95 Å². The van der Waals surface area contributed by atoms with Gasteiger partial charge < -0.3 is 9.72 Å². The normalized spacial score (nSPS) is 15.8. The molecule has 0 atom stereocenters. The van der Waals surface area contributed by atoms with Gasteiger partial charge in [-0.1, -0.05) is 19.3 Å². The number of nitrogens with zero attached hydrogens (tertiary/aromatic N) is 5. The number of fused-ring (bicyclic) bond motifs is 2. The number of aromatic nitrogens is 5. The minimum absolute atomic E-state index is 0.505. The van der Waals surface area contributed by atoms with Gasteiger partial charge in [0.2, 0.25) is 5.95 Å². The smallest absolute Gasteiger partial charge is 0.241 e. The molecule has 1 aliphatic rings. The highest BCUT2D eigenvalue weighted by atomic mass is 15.3. The second-order valence-electron chi connectivity index (χ2n) is 6.73. The highest BCUT2D eigenvalue weighted by molar-refractivity contribution is 5.80. The molecule has 4 aromatic heterocycles. The van der Waals surface area contributed by atoms with E-state index in [2.05, 4.69) is 38.7 Å². The summed E-state index contributed by atoms with van der Waals surface area (Å²) in [5.41, 5.74) is 4.21. The zero-order chi connectivity index (χ0) is 16.6. The number of nitrogens with one attached hydrogen (secondary N) is 1. The molecule has 1 aliphatic carbocycles. The van der Waals surface area contributed by atoms with Gasteiger partial charge in [-0.05, 0) is 31.0 Å². The molecule has 0 aliphatic heterocycles. The van der Waals surface area contributed by atoms with Crippen molar-refractivity contribution in [1.29, 1.82) is 0 Å². The van der Waals surface area contributed by atoms with Crippen LogP contribution in [0.2, 0.25) is 0 Å². The Labute approximate surface area is 145 Å². The molecule has 0 saturated heterocycles. The van der Waals surface area contributed by atoms with Gasteiger partial charge in [-0.25, -0.2) is 14.5 Å². The van der Waals surface area contributed by atoms with Gasteiger partial charge in [0, 0.05) is 42.0 Å². The summed E-state index contributed by atoms with van der Waals surface area (Å²) < 4.78 is 3.93. The van der Waals surface area contributed by atoms with Crippen LogP contribution in [-0.2, 0) is 0 Å². The lowest BCUT2D eigenvalue weighted by molar-refractivity contribution is 0.460. The van der Waals surface area contributed by atoms with Crippen LogP contribution in [0, 0.1) is 0 Å². The van der Waals surface area contributed by atoms with Crippen LogP contribution in [0.15, 0.2) is 49.2 Å². The van der Waals surface area contributed by atoms with Gasteiger partial charge >= 0.3 is 0 Å². The summed E-state index contributed by atoms with van der Waals surface area (Å²) in [5, 5.41) is 8.13. The molecule has 0 bridgehead atoms. The maximum absolute atomic E-state index is 4.64. The van der Waals surface area contributed by atoms with Crippen LogP contribution >= 0.6 is 0 Å². The number of hydrogen-bond donors (Lipinski definition) is 1. The Kier molecular flexibility index (Phi) is 3.40. The van der Waals surface area contributed by atoms with Crippen molar-refractivity contribution in [1.82, 2.24) is 24.0 Å². The Hall–Kier alpha value is -2.89. The summed E-state index contributed by atoms with van der Waals surface area (Å²) in [7, 11) is 0. The SMILES string of the molecule is c1cn2cc(-c3ccn4nc(NC5CCCCC5)ncc34)ccc2n1. The van der Waals surface area contributed by atoms with E-state index < -0.39 is 0 Å². The summed E-state index contributed by atoms with van der Waals surface area (Å²) in [6.07, 6.45) is 16.1. The van der Waals surface area contributed by atoms with Gasteiger partial charge in [0.05, 0.1) is 11.7 Å². The van der Waals surface area contributed by atoms with E-state index in [9.17, 15) is 0 Å². The lowest BCUT2D eigenvalue weighted by Crippen LogP contribution is -2.23. The molecular formula is C19H20N6. The Bertz CT molecular complexity index is 1020. The average molecular weight is 332 g/mol. The van der Waals surface area contributed by atoms with Crippen LogP contribution in [0.3, 0.4) is 0 Å². The van der Waals surface area contributed by atoms with Crippen molar-refractivity contribution in [3.8, 4) is 11.1 Å². The third kappa shape index (κ3) is 2.63. The predicted molar refractivity (Wildman–Crippen MR) is 97.7 cm³/mol. The van der Waals surface area contributed by atoms with Crippen molar-refractivity contribution < 1.29 is 0 Å². The van der Waals surface area contributed by atoms with Crippen LogP contribution in [0.1, 0.15) is 32.1 Å². The summed E-state index contributed by atoms with van der Waals surface area (Å²) in [6, 6.07) is 6.71. The molecule has 4 heterocycles. The molecule has 1 fully saturated rings. The third-order valence-electron chi connectivity index (χ3n) is 5.05. The second kappa shape index (κ2) is 5.88. The van der Waals surface area contributed by atoms with E-state index in [1.807, 2.05) is 39.8 Å². The van der Waals surface area contributed by atoms with Crippen molar-refractivity contribution in [3.63, 3.8) is 0 Å². The molecule has 1 saturated carbocycles. The molecule has 6 heteroatoms. The van der Waals surface area contributed by atoms with Gasteiger partial charge in [0.1, 0.15) is 5.65 Å². The zero-order valence-electron chi connectivity index (χ0n) is 14.0. The van der Waals surface area contributed by atoms with Crippen LogP contribution < -0.4 is 5.32 Å². The zero-order valence-corrected chi connectivity index (χ0v) is 14.0. The van der Waals surface area contributed by atoms with E-state index in [1.54, 1.807) is 0 Å². The van der Waals surface area contributed by atoms with Gasteiger partial charge in [-0.2, -0.15) is 0 Å². The first kappa shape index (κ1) is 14.5. The quantitative estimate of drug-likeness (QED) is 0.620. The molecular weight excluding hydrogens is 312 g/mol. The van der Waals surface area contributed by atoms with E-state index in [0.29, 0.717) is 12.0 Å². The maximum atomic E-state index is 4.64. The Morgan fingerprint density at radius 2 is 1.92 bits per heavy atom. The van der Waals surface area contributed by atoms with Crippen molar-refractivity contribution >= 4 is 17.1 Å². The minimum Gasteiger partial charge on any atom is -0.350 e. The molecule has 0 aromatic carbocycles. The molecule has 6 nitrogen and oxygen atoms in total. The topological polar surface area (TPSA) is 59.5 Å². The average Bonchev–Trinajstić information content (AvgIpc) is 3.28. The summed E-state index contributed by atoms with van der Waals surface area (Å²) >= 11 is 0. The fourth-order valence-electron chi connectivity index (χ4n) is 3.72. The number of rotatable bonds is 3. The molecule has 0 amide bonds. The number of hydrogen-bond acceptors (Lipinski definition) is 4. The lowest BCUT2D eigenvalue weighted by atomic mass is 9.96. The van der Waals surface area contributed by atoms with Crippen molar-refractivity contribution in [2.24, 2.45) is 0 Å². The summed E-state index contributed by atoms with van der Waals surface area (Å²) in [6.45, 7) is 0. The van der Waals surface area contributed by atoms with Gasteiger partial charge in [-0.3, -0.25) is 0 Å². The van der Waals surface area contributed by atoms with Crippen LogP contribution in [0.25, 0.3) is 22.3 Å². The number of anilines is 1. The molecule has 1 N–H and O–H groups in total. The standard InChI is InChI=1S/C19H20N6/c1-2-4-15(5-3-1)22-19-21-12-17-16(8-10-25(17)23-19)14-6-7-18-20-9-11-24(18)13-14/h6-13,15H,1-5H2,(H,22,23).